The van der Waals surface area contributed by atoms with E-state index < -0.39 is 0 Å². The largest absolute Gasteiger partial charge is 0.467 e. The van der Waals surface area contributed by atoms with Crippen LogP contribution in [-0.4, -0.2) is 40.2 Å². The summed E-state index contributed by atoms with van der Waals surface area (Å²) in [5.74, 6) is 1.06. The van der Waals surface area contributed by atoms with E-state index in [4.69, 9.17) is 9.72 Å². The van der Waals surface area contributed by atoms with Crippen molar-refractivity contribution < 1.29 is 14.3 Å². The highest BCUT2D eigenvalue weighted by Crippen LogP contribution is 2.25. The predicted octanol–water partition coefficient (Wildman–Crippen LogP) is 4.06. The summed E-state index contributed by atoms with van der Waals surface area (Å²) in [6, 6.07) is 4.57. The third-order valence-electron chi connectivity index (χ3n) is 5.65. The molecule has 0 aromatic carbocycles. The Labute approximate surface area is 184 Å². The summed E-state index contributed by atoms with van der Waals surface area (Å²) < 4.78 is 4.98. The smallest absolute Gasteiger partial charge is 0.316 e. The Kier molecular flexibility index (Phi) is 8.50. The number of hydrogen-bond donors (Lipinski definition) is 1. The number of ketones is 2. The molecule has 1 aliphatic rings. The molecule has 0 unspecified atom stereocenters. The standard InChI is InChI=1S/C24H32N4O3/c1-17(29)13-19(20-15-26-24(31-2)27-16-20)14-22(30)9-4-3-8-21-11-10-18-7-5-6-12-25-23(18)28-21/h10-11,15-16,19H,3-9,12-14H2,1-2H3,(H,25,28)/t19-/m0/s1. The molecule has 3 heterocycles. The molecule has 0 saturated heterocycles. The van der Waals surface area contributed by atoms with E-state index in [1.807, 2.05) is 0 Å². The molecular weight excluding hydrogens is 392 g/mol. The fraction of sp³-hybridized carbons (Fsp3) is 0.542. The molecule has 3 rings (SSSR count). The van der Waals surface area contributed by atoms with Gasteiger partial charge in [-0.15, -0.1) is 0 Å². The van der Waals surface area contributed by atoms with E-state index in [1.54, 1.807) is 19.3 Å². The zero-order valence-electron chi connectivity index (χ0n) is 18.5. The number of pyridine rings is 1. The van der Waals surface area contributed by atoms with E-state index in [2.05, 4.69) is 27.4 Å². The minimum Gasteiger partial charge on any atom is -0.467 e. The number of anilines is 1. The fourth-order valence-electron chi connectivity index (χ4n) is 3.97. The van der Waals surface area contributed by atoms with Crippen LogP contribution in [0.5, 0.6) is 6.01 Å². The third-order valence-corrected chi connectivity index (χ3v) is 5.65. The van der Waals surface area contributed by atoms with Crippen molar-refractivity contribution in [2.45, 2.75) is 70.6 Å². The number of ether oxygens (including phenoxy) is 1. The van der Waals surface area contributed by atoms with E-state index in [9.17, 15) is 9.59 Å². The molecule has 1 N–H and O–H groups in total. The highest BCUT2D eigenvalue weighted by atomic mass is 16.5. The maximum atomic E-state index is 12.6. The van der Waals surface area contributed by atoms with Crippen molar-refractivity contribution in [1.82, 2.24) is 15.0 Å². The lowest BCUT2D eigenvalue weighted by Crippen LogP contribution is -2.11. The predicted molar refractivity (Wildman–Crippen MR) is 119 cm³/mol. The molecule has 7 nitrogen and oxygen atoms in total. The molecule has 2 aromatic rings. The molecule has 0 saturated carbocycles. The van der Waals surface area contributed by atoms with Gasteiger partial charge in [0.2, 0.25) is 0 Å². The second kappa shape index (κ2) is 11.5. The summed E-state index contributed by atoms with van der Waals surface area (Å²) in [7, 11) is 1.50. The van der Waals surface area contributed by atoms with Crippen LogP contribution in [0.15, 0.2) is 24.5 Å². The number of unbranched alkanes of at least 4 members (excludes halogenated alkanes) is 1. The number of hydrogen-bond acceptors (Lipinski definition) is 7. The Morgan fingerprint density at radius 1 is 1.13 bits per heavy atom. The highest BCUT2D eigenvalue weighted by Gasteiger charge is 2.19. The van der Waals surface area contributed by atoms with Crippen LogP contribution in [0.2, 0.25) is 0 Å². The van der Waals surface area contributed by atoms with Crippen LogP contribution in [0.25, 0.3) is 0 Å². The average Bonchev–Trinajstić information content (AvgIpc) is 3.01. The van der Waals surface area contributed by atoms with Crippen LogP contribution < -0.4 is 10.1 Å². The molecule has 2 aromatic heterocycles. The molecule has 0 bridgehead atoms. The number of nitrogens with zero attached hydrogens (tertiary/aromatic N) is 3. The lowest BCUT2D eigenvalue weighted by Gasteiger charge is -2.15. The molecule has 0 fully saturated rings. The normalized spacial score (nSPS) is 14.1. The Hall–Kier alpha value is -2.83. The van der Waals surface area contributed by atoms with Crippen LogP contribution in [-0.2, 0) is 22.4 Å². The van der Waals surface area contributed by atoms with E-state index in [1.165, 1.54) is 25.5 Å². The highest BCUT2D eigenvalue weighted by molar-refractivity contribution is 5.81. The van der Waals surface area contributed by atoms with E-state index in [-0.39, 0.29) is 23.5 Å². The number of rotatable bonds is 11. The maximum absolute atomic E-state index is 12.6. The quantitative estimate of drug-likeness (QED) is 0.544. The van der Waals surface area contributed by atoms with Crippen molar-refractivity contribution in [3.05, 3.63) is 41.3 Å². The van der Waals surface area contributed by atoms with Gasteiger partial charge in [0, 0.05) is 49.8 Å². The molecular formula is C24H32N4O3. The van der Waals surface area contributed by atoms with Crippen molar-refractivity contribution in [3.63, 3.8) is 0 Å². The van der Waals surface area contributed by atoms with Gasteiger partial charge >= 0.3 is 6.01 Å². The molecule has 31 heavy (non-hydrogen) atoms. The van der Waals surface area contributed by atoms with Gasteiger partial charge in [-0.25, -0.2) is 15.0 Å². The first-order valence-corrected chi connectivity index (χ1v) is 11.1. The van der Waals surface area contributed by atoms with Gasteiger partial charge in [-0.1, -0.05) is 6.07 Å². The summed E-state index contributed by atoms with van der Waals surface area (Å²) in [5.41, 5.74) is 3.17. The maximum Gasteiger partial charge on any atom is 0.316 e. The minimum absolute atomic E-state index is 0.0523. The number of aromatic nitrogens is 3. The first-order valence-electron chi connectivity index (χ1n) is 11.1. The summed E-state index contributed by atoms with van der Waals surface area (Å²) in [6.45, 7) is 2.53. The van der Waals surface area contributed by atoms with Crippen molar-refractivity contribution in [3.8, 4) is 6.01 Å². The number of Topliss-reactive ketones (excluding diaryl/α,β-unsaturated/α-hetero) is 2. The average molecular weight is 425 g/mol. The molecule has 0 amide bonds. The van der Waals surface area contributed by atoms with Crippen LogP contribution in [0.1, 0.15) is 74.6 Å². The molecule has 1 aliphatic heterocycles. The second-order valence-corrected chi connectivity index (χ2v) is 8.25. The molecule has 0 aliphatic carbocycles. The van der Waals surface area contributed by atoms with Crippen LogP contribution >= 0.6 is 0 Å². The molecule has 7 heteroatoms. The SMILES string of the molecule is COc1ncc([C@@H](CC(C)=O)CC(=O)CCCCc2ccc3c(n2)NCCCC3)cn1. The van der Waals surface area contributed by atoms with Gasteiger partial charge in [0.15, 0.2) is 0 Å². The van der Waals surface area contributed by atoms with Gasteiger partial charge in [0.25, 0.3) is 0 Å². The van der Waals surface area contributed by atoms with Crippen molar-refractivity contribution in [1.29, 1.82) is 0 Å². The molecule has 166 valence electrons. The van der Waals surface area contributed by atoms with E-state index in [0.29, 0.717) is 19.3 Å². The van der Waals surface area contributed by atoms with Crippen molar-refractivity contribution in [2.24, 2.45) is 0 Å². The van der Waals surface area contributed by atoms with Gasteiger partial charge < -0.3 is 14.8 Å². The Bertz CT molecular complexity index is 883. The molecule has 0 spiro atoms. The third kappa shape index (κ3) is 7.12. The van der Waals surface area contributed by atoms with Gasteiger partial charge in [-0.05, 0) is 62.6 Å². The number of carbonyl (C=O) groups excluding carboxylic acids is 2. The summed E-state index contributed by atoms with van der Waals surface area (Å²) in [6.07, 6.45) is 10.5. The van der Waals surface area contributed by atoms with Gasteiger partial charge in [-0.2, -0.15) is 0 Å². The topological polar surface area (TPSA) is 94.1 Å². The second-order valence-electron chi connectivity index (χ2n) is 8.25. The lowest BCUT2D eigenvalue weighted by atomic mass is 9.90. The van der Waals surface area contributed by atoms with Crippen molar-refractivity contribution in [2.75, 3.05) is 19.0 Å². The fourth-order valence-corrected chi connectivity index (χ4v) is 3.97. The van der Waals surface area contributed by atoms with Gasteiger partial charge in [0.05, 0.1) is 7.11 Å². The first-order chi connectivity index (χ1) is 15.0. The van der Waals surface area contributed by atoms with Crippen molar-refractivity contribution >= 4 is 17.4 Å². The van der Waals surface area contributed by atoms with E-state index in [0.717, 1.165) is 49.3 Å². The number of methoxy groups -OCH3 is 1. The summed E-state index contributed by atoms with van der Waals surface area (Å²) in [5, 5.41) is 3.42. The Morgan fingerprint density at radius 3 is 2.68 bits per heavy atom. The monoisotopic (exact) mass is 424 g/mol. The molecule has 1 atom stereocenters. The first kappa shape index (κ1) is 22.8. The van der Waals surface area contributed by atoms with Crippen LogP contribution in [0.3, 0.4) is 0 Å². The number of nitrogens with one attached hydrogen (secondary N) is 1. The summed E-state index contributed by atoms with van der Waals surface area (Å²) >= 11 is 0. The lowest BCUT2D eigenvalue weighted by molar-refractivity contribution is -0.120. The Morgan fingerprint density at radius 2 is 1.94 bits per heavy atom. The number of fused-ring (bicyclic) bond motifs is 1. The van der Waals surface area contributed by atoms with E-state index >= 15 is 0 Å². The number of carbonyl (C=O) groups is 2. The van der Waals surface area contributed by atoms with Gasteiger partial charge in [0.1, 0.15) is 17.4 Å². The van der Waals surface area contributed by atoms with Gasteiger partial charge in [-0.3, -0.25) is 4.79 Å². The number of aryl methyl sites for hydroxylation is 2. The zero-order valence-corrected chi connectivity index (χ0v) is 18.5. The summed E-state index contributed by atoms with van der Waals surface area (Å²) in [4.78, 5) is 37.2. The van der Waals surface area contributed by atoms with Crippen LogP contribution in [0, 0.1) is 0 Å². The van der Waals surface area contributed by atoms with Crippen LogP contribution in [0.4, 0.5) is 5.82 Å². The molecule has 0 radical (unpaired) electrons. The minimum atomic E-state index is -0.187. The Balaban J connectivity index is 1.47. The zero-order chi connectivity index (χ0) is 22.1.